The zero-order chi connectivity index (χ0) is 10.7. The molecule has 0 atom stereocenters. The molecule has 0 aromatic carbocycles. The highest BCUT2D eigenvalue weighted by molar-refractivity contribution is 4.91. The SMILES string of the molecule is COCCN(C1CC1)[C@H]1CC[C@H](N)CC1. The van der Waals surface area contributed by atoms with Crippen LogP contribution in [0.15, 0.2) is 0 Å². The van der Waals surface area contributed by atoms with E-state index in [1.54, 1.807) is 7.11 Å². The van der Waals surface area contributed by atoms with Crippen LogP contribution in [0.3, 0.4) is 0 Å². The van der Waals surface area contributed by atoms with Crippen molar-refractivity contribution in [3.63, 3.8) is 0 Å². The van der Waals surface area contributed by atoms with E-state index in [2.05, 4.69) is 4.90 Å². The maximum Gasteiger partial charge on any atom is 0.0589 e. The molecular weight excluding hydrogens is 188 g/mol. The zero-order valence-electron chi connectivity index (χ0n) is 9.82. The van der Waals surface area contributed by atoms with Gasteiger partial charge in [0.1, 0.15) is 0 Å². The smallest absolute Gasteiger partial charge is 0.0589 e. The first kappa shape index (κ1) is 11.4. The third-order valence-corrected chi connectivity index (χ3v) is 3.78. The van der Waals surface area contributed by atoms with E-state index in [9.17, 15) is 0 Å². The third-order valence-electron chi connectivity index (χ3n) is 3.78. The average Bonchev–Trinajstić information content (AvgIpc) is 3.05. The molecule has 15 heavy (non-hydrogen) atoms. The highest BCUT2D eigenvalue weighted by Crippen LogP contribution is 2.33. The summed E-state index contributed by atoms with van der Waals surface area (Å²) in [6.07, 6.45) is 7.79. The van der Waals surface area contributed by atoms with Gasteiger partial charge >= 0.3 is 0 Å². The molecule has 0 aliphatic heterocycles. The van der Waals surface area contributed by atoms with Gasteiger partial charge in [-0.1, -0.05) is 0 Å². The lowest BCUT2D eigenvalue weighted by molar-refractivity contribution is 0.0932. The van der Waals surface area contributed by atoms with Gasteiger partial charge in [-0.3, -0.25) is 4.90 Å². The van der Waals surface area contributed by atoms with Crippen molar-refractivity contribution in [2.24, 2.45) is 5.73 Å². The minimum atomic E-state index is 0.463. The van der Waals surface area contributed by atoms with Crippen molar-refractivity contribution in [1.29, 1.82) is 0 Å². The number of ether oxygens (including phenoxy) is 1. The predicted octanol–water partition coefficient (Wildman–Crippen LogP) is 1.37. The third kappa shape index (κ3) is 3.16. The van der Waals surface area contributed by atoms with Gasteiger partial charge in [0.25, 0.3) is 0 Å². The molecule has 0 bridgehead atoms. The first-order valence-corrected chi connectivity index (χ1v) is 6.31. The summed E-state index contributed by atoms with van der Waals surface area (Å²) in [5, 5.41) is 0. The maximum absolute atomic E-state index is 5.95. The van der Waals surface area contributed by atoms with Gasteiger partial charge in [-0.15, -0.1) is 0 Å². The largest absolute Gasteiger partial charge is 0.383 e. The van der Waals surface area contributed by atoms with E-state index in [1.807, 2.05) is 0 Å². The van der Waals surface area contributed by atoms with Crippen LogP contribution in [0.2, 0.25) is 0 Å². The number of nitrogens with two attached hydrogens (primary N) is 1. The van der Waals surface area contributed by atoms with E-state index in [-0.39, 0.29) is 0 Å². The van der Waals surface area contributed by atoms with Crippen molar-refractivity contribution in [3.8, 4) is 0 Å². The first-order valence-electron chi connectivity index (χ1n) is 6.31. The second-order valence-electron chi connectivity index (χ2n) is 5.03. The highest BCUT2D eigenvalue weighted by Gasteiger charge is 2.34. The fourth-order valence-electron chi connectivity index (χ4n) is 2.70. The molecule has 2 aliphatic carbocycles. The topological polar surface area (TPSA) is 38.5 Å². The van der Waals surface area contributed by atoms with Crippen LogP contribution in [0.5, 0.6) is 0 Å². The molecule has 2 rings (SSSR count). The van der Waals surface area contributed by atoms with Gasteiger partial charge in [-0.05, 0) is 38.5 Å². The lowest BCUT2D eigenvalue weighted by Gasteiger charge is -2.36. The van der Waals surface area contributed by atoms with Crippen LogP contribution in [0.25, 0.3) is 0 Å². The van der Waals surface area contributed by atoms with Crippen LogP contribution < -0.4 is 5.73 Å². The van der Waals surface area contributed by atoms with Crippen molar-refractivity contribution in [2.45, 2.75) is 56.7 Å². The van der Waals surface area contributed by atoms with E-state index in [0.717, 1.165) is 25.2 Å². The Morgan fingerprint density at radius 3 is 2.07 bits per heavy atom. The molecule has 0 aromatic heterocycles. The van der Waals surface area contributed by atoms with Gasteiger partial charge in [0.05, 0.1) is 6.61 Å². The van der Waals surface area contributed by atoms with Gasteiger partial charge < -0.3 is 10.5 Å². The van der Waals surface area contributed by atoms with E-state index in [1.165, 1.54) is 38.5 Å². The van der Waals surface area contributed by atoms with E-state index >= 15 is 0 Å². The minimum Gasteiger partial charge on any atom is -0.383 e. The molecule has 0 amide bonds. The monoisotopic (exact) mass is 212 g/mol. The molecule has 0 unspecified atom stereocenters. The van der Waals surface area contributed by atoms with Gasteiger partial charge in [-0.2, -0.15) is 0 Å². The van der Waals surface area contributed by atoms with E-state index in [0.29, 0.717) is 6.04 Å². The molecule has 2 N–H and O–H groups in total. The summed E-state index contributed by atoms with van der Waals surface area (Å²) in [5.74, 6) is 0. The predicted molar refractivity (Wildman–Crippen MR) is 61.8 cm³/mol. The second-order valence-corrected chi connectivity index (χ2v) is 5.03. The van der Waals surface area contributed by atoms with Crippen molar-refractivity contribution < 1.29 is 4.74 Å². The molecule has 0 radical (unpaired) electrons. The number of hydrogen-bond donors (Lipinski definition) is 1. The Balaban J connectivity index is 1.81. The number of rotatable bonds is 5. The molecule has 88 valence electrons. The Labute approximate surface area is 93.0 Å². The summed E-state index contributed by atoms with van der Waals surface area (Å²) in [4.78, 5) is 2.68. The molecule has 0 heterocycles. The lowest BCUT2D eigenvalue weighted by Crippen LogP contribution is -2.43. The zero-order valence-corrected chi connectivity index (χ0v) is 9.82. The summed E-state index contributed by atoms with van der Waals surface area (Å²) in [7, 11) is 1.79. The second kappa shape index (κ2) is 5.28. The fourth-order valence-corrected chi connectivity index (χ4v) is 2.70. The first-order chi connectivity index (χ1) is 7.31. The number of hydrogen-bond acceptors (Lipinski definition) is 3. The quantitative estimate of drug-likeness (QED) is 0.748. The summed E-state index contributed by atoms with van der Waals surface area (Å²) in [6, 6.07) is 2.11. The summed E-state index contributed by atoms with van der Waals surface area (Å²) < 4.78 is 5.20. The lowest BCUT2D eigenvalue weighted by atomic mass is 9.90. The molecule has 0 spiro atoms. The van der Waals surface area contributed by atoms with Crippen LogP contribution >= 0.6 is 0 Å². The number of nitrogens with zero attached hydrogens (tertiary/aromatic N) is 1. The van der Waals surface area contributed by atoms with E-state index in [4.69, 9.17) is 10.5 Å². The molecular formula is C12H24N2O. The molecule has 2 fully saturated rings. The van der Waals surface area contributed by atoms with Crippen LogP contribution in [-0.2, 0) is 4.74 Å². The summed E-state index contributed by atoms with van der Waals surface area (Å²) in [6.45, 7) is 1.99. The minimum absolute atomic E-state index is 0.463. The Morgan fingerprint density at radius 2 is 1.60 bits per heavy atom. The Morgan fingerprint density at radius 1 is 1.07 bits per heavy atom. The Kier molecular flexibility index (Phi) is 4.00. The number of methoxy groups -OCH3 is 1. The summed E-state index contributed by atoms with van der Waals surface area (Å²) in [5.41, 5.74) is 5.95. The van der Waals surface area contributed by atoms with Crippen LogP contribution in [-0.4, -0.2) is 43.3 Å². The Bertz CT molecular complexity index is 186. The molecule has 3 nitrogen and oxygen atoms in total. The van der Waals surface area contributed by atoms with Crippen LogP contribution in [0, 0.1) is 0 Å². The van der Waals surface area contributed by atoms with Crippen molar-refractivity contribution in [1.82, 2.24) is 4.90 Å². The van der Waals surface area contributed by atoms with Gasteiger partial charge in [0.2, 0.25) is 0 Å². The average molecular weight is 212 g/mol. The molecule has 0 aromatic rings. The fraction of sp³-hybridized carbons (Fsp3) is 1.00. The molecule has 2 aliphatic rings. The van der Waals surface area contributed by atoms with Crippen LogP contribution in [0.1, 0.15) is 38.5 Å². The van der Waals surface area contributed by atoms with Crippen molar-refractivity contribution in [3.05, 3.63) is 0 Å². The highest BCUT2D eigenvalue weighted by atomic mass is 16.5. The Hall–Kier alpha value is -0.120. The normalized spacial score (nSPS) is 32.2. The standard InChI is InChI=1S/C12H24N2O/c1-15-9-8-14(12-6-7-12)11-4-2-10(13)3-5-11/h10-12H,2-9,13H2,1H3/t10-,11-. The van der Waals surface area contributed by atoms with Gasteiger partial charge in [-0.25, -0.2) is 0 Å². The maximum atomic E-state index is 5.95. The molecule has 0 saturated heterocycles. The van der Waals surface area contributed by atoms with Gasteiger partial charge in [0, 0.05) is 31.8 Å². The van der Waals surface area contributed by atoms with E-state index < -0.39 is 0 Å². The van der Waals surface area contributed by atoms with Crippen molar-refractivity contribution >= 4 is 0 Å². The van der Waals surface area contributed by atoms with Crippen LogP contribution in [0.4, 0.5) is 0 Å². The molecule has 2 saturated carbocycles. The molecule has 3 heteroatoms. The van der Waals surface area contributed by atoms with Crippen molar-refractivity contribution in [2.75, 3.05) is 20.3 Å². The summed E-state index contributed by atoms with van der Waals surface area (Å²) >= 11 is 0. The van der Waals surface area contributed by atoms with Gasteiger partial charge in [0.15, 0.2) is 0 Å².